The van der Waals surface area contributed by atoms with E-state index < -0.39 is 14.9 Å². The maximum Gasteiger partial charge on any atom is 0.304 e. The van der Waals surface area contributed by atoms with E-state index in [1.54, 1.807) is 0 Å². The molecule has 0 spiro atoms. The Kier molecular flexibility index (Phi) is 5.87. The van der Waals surface area contributed by atoms with Crippen molar-refractivity contribution in [1.82, 2.24) is 9.62 Å². The summed E-state index contributed by atoms with van der Waals surface area (Å²) in [7, 11) is 0.159. The Labute approximate surface area is 121 Å². The van der Waals surface area contributed by atoms with Gasteiger partial charge < -0.3 is 10.6 Å². The molecule has 1 aromatic heterocycles. The normalized spacial score (nSPS) is 11.9. The first-order valence-electron chi connectivity index (χ1n) is 5.92. The average Bonchev–Trinajstić information content (AvgIpc) is 2.71. The lowest BCUT2D eigenvalue weighted by atomic mass is 10.3. The summed E-state index contributed by atoms with van der Waals surface area (Å²) in [5, 5.41) is 10.5. The van der Waals surface area contributed by atoms with Crippen molar-refractivity contribution >= 4 is 32.0 Å². The summed E-state index contributed by atoms with van der Waals surface area (Å²) < 4.78 is 26.1. The van der Waals surface area contributed by atoms with E-state index in [2.05, 4.69) is 4.72 Å². The highest BCUT2D eigenvalue weighted by molar-refractivity contribution is 7.91. The second kappa shape index (κ2) is 6.97. The molecule has 0 aliphatic heterocycles. The molecule has 10 heteroatoms. The van der Waals surface area contributed by atoms with E-state index in [1.807, 2.05) is 19.0 Å². The molecule has 20 heavy (non-hydrogen) atoms. The lowest BCUT2D eigenvalue weighted by Gasteiger charge is -2.09. The van der Waals surface area contributed by atoms with Crippen molar-refractivity contribution in [3.8, 4) is 0 Å². The van der Waals surface area contributed by atoms with Gasteiger partial charge in [-0.05, 0) is 33.5 Å². The molecule has 0 unspecified atom stereocenters. The second-order valence-electron chi connectivity index (χ2n) is 4.48. The predicted molar refractivity (Wildman–Crippen MR) is 78.4 cm³/mol. The number of rotatable bonds is 8. The topological polar surface area (TPSA) is 119 Å². The van der Waals surface area contributed by atoms with Crippen LogP contribution in [-0.2, 0) is 10.0 Å². The van der Waals surface area contributed by atoms with E-state index in [0.717, 1.165) is 19.0 Å². The van der Waals surface area contributed by atoms with Crippen LogP contribution < -0.4 is 10.5 Å². The highest BCUT2D eigenvalue weighted by Crippen LogP contribution is 2.34. The third-order valence-corrected chi connectivity index (χ3v) is 5.39. The van der Waals surface area contributed by atoms with Crippen LogP contribution in [0.25, 0.3) is 0 Å². The SMILES string of the molecule is CN(C)CCCCNS(=O)(=O)c1cc([N+](=O)[O-])c(N)s1. The number of nitrogens with one attached hydrogen (secondary N) is 1. The van der Waals surface area contributed by atoms with Crippen molar-refractivity contribution in [3.63, 3.8) is 0 Å². The van der Waals surface area contributed by atoms with Gasteiger partial charge in [0.25, 0.3) is 0 Å². The minimum absolute atomic E-state index is 0.108. The van der Waals surface area contributed by atoms with Crippen molar-refractivity contribution < 1.29 is 13.3 Å². The van der Waals surface area contributed by atoms with Crippen LogP contribution in [0.15, 0.2) is 10.3 Å². The van der Waals surface area contributed by atoms with Gasteiger partial charge in [0.15, 0.2) is 5.00 Å². The average molecular weight is 322 g/mol. The maximum atomic E-state index is 11.9. The summed E-state index contributed by atoms with van der Waals surface area (Å²) in [4.78, 5) is 12.0. The first-order valence-corrected chi connectivity index (χ1v) is 8.22. The van der Waals surface area contributed by atoms with Crippen molar-refractivity contribution in [1.29, 1.82) is 0 Å². The molecule has 8 nitrogen and oxygen atoms in total. The highest BCUT2D eigenvalue weighted by Gasteiger charge is 2.24. The second-order valence-corrected chi connectivity index (χ2v) is 7.56. The van der Waals surface area contributed by atoms with E-state index >= 15 is 0 Å². The summed E-state index contributed by atoms with van der Waals surface area (Å²) in [5.41, 5.74) is 5.06. The summed E-state index contributed by atoms with van der Waals surface area (Å²) in [6.07, 6.45) is 1.56. The third kappa shape index (κ3) is 4.71. The molecular formula is C10H18N4O4S2. The lowest BCUT2D eigenvalue weighted by molar-refractivity contribution is -0.383. The van der Waals surface area contributed by atoms with Crippen LogP contribution in [0.4, 0.5) is 10.7 Å². The van der Waals surface area contributed by atoms with Crippen LogP contribution in [0.1, 0.15) is 12.8 Å². The zero-order chi connectivity index (χ0) is 15.3. The van der Waals surface area contributed by atoms with E-state index in [9.17, 15) is 18.5 Å². The van der Waals surface area contributed by atoms with Crippen LogP contribution in [0.5, 0.6) is 0 Å². The molecule has 0 amide bonds. The minimum atomic E-state index is -3.73. The predicted octanol–water partition coefficient (Wildman–Crippen LogP) is 0.859. The van der Waals surface area contributed by atoms with Crippen LogP contribution >= 0.6 is 11.3 Å². The fourth-order valence-corrected chi connectivity index (χ4v) is 3.81. The molecule has 0 fully saturated rings. The van der Waals surface area contributed by atoms with E-state index in [4.69, 9.17) is 5.73 Å². The maximum absolute atomic E-state index is 11.9. The van der Waals surface area contributed by atoms with E-state index in [-0.39, 0.29) is 14.9 Å². The molecule has 1 rings (SSSR count). The molecule has 0 aliphatic rings. The van der Waals surface area contributed by atoms with Gasteiger partial charge in [-0.1, -0.05) is 11.3 Å². The molecule has 1 aromatic rings. The van der Waals surface area contributed by atoms with Gasteiger partial charge in [0, 0.05) is 12.6 Å². The van der Waals surface area contributed by atoms with Gasteiger partial charge in [-0.2, -0.15) is 0 Å². The van der Waals surface area contributed by atoms with Gasteiger partial charge in [0.2, 0.25) is 10.0 Å². The van der Waals surface area contributed by atoms with Crippen molar-refractivity contribution in [2.45, 2.75) is 17.1 Å². The largest absolute Gasteiger partial charge is 0.385 e. The molecule has 114 valence electrons. The van der Waals surface area contributed by atoms with Gasteiger partial charge >= 0.3 is 5.69 Å². The molecule has 0 aromatic carbocycles. The number of nitro groups is 1. The first kappa shape index (κ1) is 16.8. The molecule has 1 heterocycles. The Morgan fingerprint density at radius 3 is 2.60 bits per heavy atom. The Morgan fingerprint density at radius 2 is 2.10 bits per heavy atom. The number of anilines is 1. The number of unbranched alkanes of at least 4 members (excludes halogenated alkanes) is 1. The van der Waals surface area contributed by atoms with Gasteiger partial charge in [-0.15, -0.1) is 0 Å². The molecule has 0 saturated carbocycles. The van der Waals surface area contributed by atoms with E-state index in [1.165, 1.54) is 0 Å². The molecule has 0 aliphatic carbocycles. The van der Waals surface area contributed by atoms with Crippen molar-refractivity contribution in [3.05, 3.63) is 16.2 Å². The van der Waals surface area contributed by atoms with Gasteiger partial charge in [0.1, 0.15) is 4.21 Å². The van der Waals surface area contributed by atoms with Gasteiger partial charge in [-0.3, -0.25) is 10.1 Å². The number of nitrogens with two attached hydrogens (primary N) is 1. The summed E-state index contributed by atoms with van der Waals surface area (Å²) >= 11 is 0.696. The monoisotopic (exact) mass is 322 g/mol. The van der Waals surface area contributed by atoms with Crippen LogP contribution in [0.2, 0.25) is 0 Å². The molecule has 0 saturated heterocycles. The van der Waals surface area contributed by atoms with E-state index in [0.29, 0.717) is 24.3 Å². The molecule has 3 N–H and O–H groups in total. The van der Waals surface area contributed by atoms with Crippen molar-refractivity contribution in [2.75, 3.05) is 32.9 Å². The Hall–Kier alpha value is -1.23. The number of hydrogen-bond acceptors (Lipinski definition) is 7. The van der Waals surface area contributed by atoms with Crippen molar-refractivity contribution in [2.24, 2.45) is 0 Å². The molecule has 0 bridgehead atoms. The summed E-state index contributed by atoms with van der Waals surface area (Å²) in [6.45, 7) is 1.17. The molecule has 0 radical (unpaired) electrons. The number of nitrogens with zero attached hydrogens (tertiary/aromatic N) is 2. The third-order valence-electron chi connectivity index (χ3n) is 2.50. The Morgan fingerprint density at radius 1 is 1.45 bits per heavy atom. The standard InChI is InChI=1S/C10H18N4O4S2/c1-13(2)6-4-3-5-12-20(17,18)9-7-8(14(15)16)10(11)19-9/h7,12H,3-6,11H2,1-2H3. The molecular weight excluding hydrogens is 304 g/mol. The van der Waals surface area contributed by atoms with Gasteiger partial charge in [0.05, 0.1) is 4.92 Å². The minimum Gasteiger partial charge on any atom is -0.385 e. The number of sulfonamides is 1. The number of nitrogen functional groups attached to an aromatic ring is 1. The highest BCUT2D eigenvalue weighted by atomic mass is 32.2. The van der Waals surface area contributed by atoms with Crippen LogP contribution in [0, 0.1) is 10.1 Å². The Balaban J connectivity index is 2.61. The summed E-state index contributed by atoms with van der Waals surface area (Å²) in [6, 6.07) is 0.988. The fourth-order valence-electron chi connectivity index (χ4n) is 1.48. The quantitative estimate of drug-likeness (QED) is 0.416. The lowest BCUT2D eigenvalue weighted by Crippen LogP contribution is -2.24. The zero-order valence-electron chi connectivity index (χ0n) is 11.3. The smallest absolute Gasteiger partial charge is 0.304 e. The van der Waals surface area contributed by atoms with Crippen LogP contribution in [0.3, 0.4) is 0 Å². The number of hydrogen-bond donors (Lipinski definition) is 2. The first-order chi connectivity index (χ1) is 9.24. The summed E-state index contributed by atoms with van der Waals surface area (Å²) in [5.74, 6) is 0. The molecule has 0 atom stereocenters. The Bertz CT molecular complexity index is 568. The van der Waals surface area contributed by atoms with Gasteiger partial charge in [-0.25, -0.2) is 13.1 Å². The fraction of sp³-hybridized carbons (Fsp3) is 0.600. The number of thiophene rings is 1. The van der Waals surface area contributed by atoms with Crippen LogP contribution in [-0.4, -0.2) is 45.4 Å². The zero-order valence-corrected chi connectivity index (χ0v) is 13.0.